The number of hydrogen-bond donors (Lipinski definition) is 0. The van der Waals surface area contributed by atoms with E-state index in [2.05, 4.69) is 11.9 Å². The van der Waals surface area contributed by atoms with E-state index in [0.717, 1.165) is 17.0 Å². The lowest BCUT2D eigenvalue weighted by Gasteiger charge is -2.44. The predicted molar refractivity (Wildman–Crippen MR) is 113 cm³/mol. The van der Waals surface area contributed by atoms with Gasteiger partial charge in [0.05, 0.1) is 29.9 Å². The Labute approximate surface area is 174 Å². The molecule has 5 nitrogen and oxygen atoms in total. The number of aromatic nitrogens is 1. The molecule has 29 heavy (non-hydrogen) atoms. The van der Waals surface area contributed by atoms with Crippen LogP contribution >= 0.6 is 11.3 Å². The van der Waals surface area contributed by atoms with Gasteiger partial charge in [0.25, 0.3) is 5.91 Å². The zero-order valence-electron chi connectivity index (χ0n) is 16.5. The first-order valence-electron chi connectivity index (χ1n) is 9.72. The molecule has 1 amide bonds. The highest BCUT2D eigenvalue weighted by molar-refractivity contribution is 7.07. The molecule has 1 aromatic heterocycles. The van der Waals surface area contributed by atoms with Crippen molar-refractivity contribution in [3.05, 3.63) is 82.3 Å². The van der Waals surface area contributed by atoms with E-state index in [1.807, 2.05) is 71.8 Å². The second-order valence-electron chi connectivity index (χ2n) is 7.26. The van der Waals surface area contributed by atoms with Crippen molar-refractivity contribution < 1.29 is 14.3 Å². The average Bonchev–Trinajstić information content (AvgIpc) is 3.27. The van der Waals surface area contributed by atoms with Crippen molar-refractivity contribution in [1.82, 2.24) is 9.88 Å². The Morgan fingerprint density at radius 3 is 2.62 bits per heavy atom. The molecule has 1 fully saturated rings. The van der Waals surface area contributed by atoms with Crippen LogP contribution in [0.3, 0.4) is 0 Å². The number of ether oxygens (including phenoxy) is 2. The van der Waals surface area contributed by atoms with E-state index in [1.54, 1.807) is 16.8 Å². The summed E-state index contributed by atoms with van der Waals surface area (Å²) < 4.78 is 11.8. The summed E-state index contributed by atoms with van der Waals surface area (Å²) in [5, 5.41) is 1.96. The third-order valence-electron chi connectivity index (χ3n) is 5.20. The van der Waals surface area contributed by atoms with Crippen molar-refractivity contribution in [2.45, 2.75) is 38.6 Å². The highest BCUT2D eigenvalue weighted by atomic mass is 32.1. The Kier molecular flexibility index (Phi) is 5.92. The van der Waals surface area contributed by atoms with Crippen LogP contribution in [0.15, 0.2) is 65.5 Å². The minimum Gasteiger partial charge on any atom is -0.487 e. The zero-order valence-corrected chi connectivity index (χ0v) is 17.3. The molecule has 0 aliphatic carbocycles. The van der Waals surface area contributed by atoms with Crippen LogP contribution < -0.4 is 4.74 Å². The van der Waals surface area contributed by atoms with Crippen LogP contribution in [0.2, 0.25) is 0 Å². The predicted octanol–water partition coefficient (Wildman–Crippen LogP) is 4.71. The lowest BCUT2D eigenvalue weighted by molar-refractivity contribution is -0.0806. The second kappa shape index (κ2) is 8.76. The van der Waals surface area contributed by atoms with Gasteiger partial charge in [0.2, 0.25) is 0 Å². The molecule has 0 bridgehead atoms. The van der Waals surface area contributed by atoms with E-state index >= 15 is 0 Å². The summed E-state index contributed by atoms with van der Waals surface area (Å²) >= 11 is 1.54. The van der Waals surface area contributed by atoms with Crippen LogP contribution in [0, 0.1) is 0 Å². The molecule has 3 unspecified atom stereocenters. The lowest BCUT2D eigenvalue weighted by Crippen LogP contribution is -2.53. The quantitative estimate of drug-likeness (QED) is 0.613. The lowest BCUT2D eigenvalue weighted by atomic mass is 9.97. The first-order chi connectivity index (χ1) is 14.1. The van der Waals surface area contributed by atoms with Gasteiger partial charge in [-0.25, -0.2) is 4.98 Å². The van der Waals surface area contributed by atoms with Gasteiger partial charge in [-0.3, -0.25) is 4.79 Å². The largest absolute Gasteiger partial charge is 0.487 e. The van der Waals surface area contributed by atoms with Crippen molar-refractivity contribution in [2.24, 2.45) is 0 Å². The van der Waals surface area contributed by atoms with Gasteiger partial charge in [-0.1, -0.05) is 30.3 Å². The van der Waals surface area contributed by atoms with Gasteiger partial charge in [0, 0.05) is 10.9 Å². The van der Waals surface area contributed by atoms with E-state index in [0.29, 0.717) is 18.8 Å². The van der Waals surface area contributed by atoms with Gasteiger partial charge in [0.15, 0.2) is 0 Å². The molecular weight excluding hydrogens is 384 g/mol. The Morgan fingerprint density at radius 1 is 1.17 bits per heavy atom. The molecule has 0 radical (unpaired) electrons. The topological polar surface area (TPSA) is 51.7 Å². The molecule has 1 aliphatic heterocycles. The number of thiazole rings is 1. The number of carbonyl (C=O) groups is 1. The van der Waals surface area contributed by atoms with Crippen LogP contribution in [0.5, 0.6) is 5.75 Å². The van der Waals surface area contributed by atoms with Crippen molar-refractivity contribution >= 4 is 17.2 Å². The molecule has 6 heteroatoms. The summed E-state index contributed by atoms with van der Waals surface area (Å²) in [6.45, 7) is 5.02. The second-order valence-corrected chi connectivity index (χ2v) is 7.98. The maximum Gasteiger partial charge on any atom is 0.254 e. The van der Waals surface area contributed by atoms with Gasteiger partial charge in [-0.05, 0) is 43.7 Å². The van der Waals surface area contributed by atoms with Crippen LogP contribution in [-0.4, -0.2) is 34.5 Å². The van der Waals surface area contributed by atoms with Gasteiger partial charge in [0.1, 0.15) is 18.5 Å². The normalized spacial score (nSPS) is 21.7. The van der Waals surface area contributed by atoms with Crippen molar-refractivity contribution in [1.29, 1.82) is 0 Å². The maximum absolute atomic E-state index is 13.3. The number of amides is 1. The maximum atomic E-state index is 13.3. The van der Waals surface area contributed by atoms with E-state index in [-0.39, 0.29) is 24.1 Å². The molecule has 1 aliphatic rings. The van der Waals surface area contributed by atoms with Crippen LogP contribution in [-0.2, 0) is 11.3 Å². The van der Waals surface area contributed by atoms with Crippen LogP contribution in [0.1, 0.15) is 41.6 Å². The molecule has 0 N–H and O–H groups in total. The van der Waals surface area contributed by atoms with E-state index in [1.165, 1.54) is 0 Å². The van der Waals surface area contributed by atoms with Crippen molar-refractivity contribution in [3.8, 4) is 5.75 Å². The van der Waals surface area contributed by atoms with Gasteiger partial charge < -0.3 is 14.4 Å². The number of hydrogen-bond acceptors (Lipinski definition) is 5. The van der Waals surface area contributed by atoms with Crippen LogP contribution in [0.25, 0.3) is 0 Å². The summed E-state index contributed by atoms with van der Waals surface area (Å²) in [4.78, 5) is 19.4. The first kappa shape index (κ1) is 19.6. The summed E-state index contributed by atoms with van der Waals surface area (Å²) in [7, 11) is 0. The zero-order chi connectivity index (χ0) is 20.2. The summed E-state index contributed by atoms with van der Waals surface area (Å²) in [6.07, 6.45) is -0.128. The molecule has 4 rings (SSSR count). The smallest absolute Gasteiger partial charge is 0.254 e. The Bertz CT molecular complexity index is 929. The molecule has 3 aromatic rings. The Morgan fingerprint density at radius 2 is 1.93 bits per heavy atom. The van der Waals surface area contributed by atoms with E-state index in [9.17, 15) is 4.79 Å². The summed E-state index contributed by atoms with van der Waals surface area (Å²) in [5.74, 6) is 0.736. The number of rotatable bonds is 5. The molecule has 3 atom stereocenters. The Balaban J connectivity index is 1.47. The van der Waals surface area contributed by atoms with Gasteiger partial charge >= 0.3 is 0 Å². The third kappa shape index (κ3) is 4.33. The minimum atomic E-state index is -0.128. The fourth-order valence-electron chi connectivity index (χ4n) is 3.72. The third-order valence-corrected chi connectivity index (χ3v) is 5.84. The highest BCUT2D eigenvalue weighted by Crippen LogP contribution is 2.32. The number of nitrogens with zero attached hydrogens (tertiary/aromatic N) is 2. The summed E-state index contributed by atoms with van der Waals surface area (Å²) in [5.41, 5.74) is 4.43. The highest BCUT2D eigenvalue weighted by Gasteiger charge is 2.37. The van der Waals surface area contributed by atoms with Crippen molar-refractivity contribution in [2.75, 3.05) is 6.61 Å². The average molecular weight is 409 g/mol. The molecule has 0 saturated carbocycles. The fraction of sp³-hybridized carbons (Fsp3) is 0.304. The minimum absolute atomic E-state index is 0.0121. The summed E-state index contributed by atoms with van der Waals surface area (Å²) in [6, 6.07) is 17.4. The number of morpholine rings is 1. The van der Waals surface area contributed by atoms with Gasteiger partial charge in [-0.15, -0.1) is 11.3 Å². The number of carbonyl (C=O) groups excluding carboxylic acids is 1. The number of benzene rings is 2. The van der Waals surface area contributed by atoms with Crippen LogP contribution in [0.4, 0.5) is 0 Å². The monoisotopic (exact) mass is 408 g/mol. The van der Waals surface area contributed by atoms with E-state index < -0.39 is 0 Å². The molecule has 2 aromatic carbocycles. The van der Waals surface area contributed by atoms with E-state index in [4.69, 9.17) is 9.47 Å². The van der Waals surface area contributed by atoms with Gasteiger partial charge in [-0.2, -0.15) is 0 Å². The fourth-order valence-corrected chi connectivity index (χ4v) is 4.26. The first-order valence-corrected chi connectivity index (χ1v) is 10.7. The molecule has 1 saturated heterocycles. The van der Waals surface area contributed by atoms with Crippen molar-refractivity contribution in [3.63, 3.8) is 0 Å². The standard InChI is InChI=1S/C23H24N2O3S/c1-16-12-28-22(18-6-4-3-5-7-18)17(2)25(16)23(26)19-8-10-21(11-9-19)27-13-20-14-29-15-24-20/h3-11,14-17,22H,12-13H2,1-2H3. The molecule has 2 heterocycles. The molecular formula is C23H24N2O3S. The molecule has 0 spiro atoms. The Hall–Kier alpha value is -2.70. The SMILES string of the molecule is CC1COC(c2ccccc2)C(C)N1C(=O)c1ccc(OCc2cscn2)cc1. The molecule has 150 valence electrons.